The summed E-state index contributed by atoms with van der Waals surface area (Å²) in [7, 11) is 0. The van der Waals surface area contributed by atoms with Gasteiger partial charge in [-0.3, -0.25) is 0 Å². The highest BCUT2D eigenvalue weighted by molar-refractivity contribution is 7.99. The first-order valence-electron chi connectivity index (χ1n) is 8.99. The Hall–Kier alpha value is -2.63. The number of thioether (sulfide) groups is 1. The predicted octanol–water partition coefficient (Wildman–Crippen LogP) is 6.42. The molecule has 0 aliphatic carbocycles. The van der Waals surface area contributed by atoms with Gasteiger partial charge in [-0.15, -0.1) is 0 Å². The lowest BCUT2D eigenvalue weighted by Gasteiger charge is -2.12. The molecule has 1 aromatic carbocycles. The SMILES string of the molecule is CCC(Sc1nc(C)cc(C)n1)c1noc(-c2cc(C(F)(F)F)cc(C(F)(F)F)c2)n1. The van der Waals surface area contributed by atoms with Crippen LogP contribution in [0.2, 0.25) is 0 Å². The Labute approximate surface area is 177 Å². The third-order valence-corrected chi connectivity index (χ3v) is 5.37. The van der Waals surface area contributed by atoms with Crippen molar-refractivity contribution in [2.45, 2.75) is 50.0 Å². The Morgan fingerprint density at radius 1 is 0.871 bits per heavy atom. The number of alkyl halides is 6. The molecule has 2 aromatic heterocycles. The van der Waals surface area contributed by atoms with E-state index in [2.05, 4.69) is 20.1 Å². The molecule has 166 valence electrons. The molecular formula is C19H16F6N4OS. The number of hydrogen-bond donors (Lipinski definition) is 0. The molecule has 5 nitrogen and oxygen atoms in total. The van der Waals surface area contributed by atoms with Crippen LogP contribution in [-0.2, 0) is 12.4 Å². The predicted molar refractivity (Wildman–Crippen MR) is 100 cm³/mol. The quantitative estimate of drug-likeness (QED) is 0.248. The van der Waals surface area contributed by atoms with Crippen molar-refractivity contribution in [1.82, 2.24) is 20.1 Å². The van der Waals surface area contributed by atoms with Gasteiger partial charge in [-0.05, 0) is 44.5 Å². The first-order chi connectivity index (χ1) is 14.4. The van der Waals surface area contributed by atoms with Crippen LogP contribution >= 0.6 is 11.8 Å². The van der Waals surface area contributed by atoms with Crippen LogP contribution in [0.3, 0.4) is 0 Å². The zero-order valence-corrected chi connectivity index (χ0v) is 17.3. The molecule has 3 rings (SSSR count). The highest BCUT2D eigenvalue weighted by atomic mass is 32.2. The Morgan fingerprint density at radius 2 is 1.42 bits per heavy atom. The van der Waals surface area contributed by atoms with Crippen LogP contribution in [-0.4, -0.2) is 20.1 Å². The van der Waals surface area contributed by atoms with E-state index in [0.29, 0.717) is 23.7 Å². The summed E-state index contributed by atoms with van der Waals surface area (Å²) in [4.78, 5) is 12.7. The van der Waals surface area contributed by atoms with E-state index in [4.69, 9.17) is 4.52 Å². The molecule has 2 heterocycles. The van der Waals surface area contributed by atoms with Gasteiger partial charge in [-0.1, -0.05) is 23.8 Å². The highest BCUT2D eigenvalue weighted by Crippen LogP contribution is 2.39. The lowest BCUT2D eigenvalue weighted by molar-refractivity contribution is -0.143. The number of nitrogens with zero attached hydrogens (tertiary/aromatic N) is 4. The number of aryl methyl sites for hydroxylation is 2. The smallest absolute Gasteiger partial charge is 0.334 e. The summed E-state index contributed by atoms with van der Waals surface area (Å²) < 4.78 is 83.6. The van der Waals surface area contributed by atoms with E-state index < -0.39 is 40.2 Å². The van der Waals surface area contributed by atoms with E-state index in [0.717, 1.165) is 11.4 Å². The Morgan fingerprint density at radius 3 is 1.90 bits per heavy atom. The largest absolute Gasteiger partial charge is 0.416 e. The fourth-order valence-corrected chi connectivity index (χ4v) is 3.77. The van der Waals surface area contributed by atoms with Crippen LogP contribution in [0, 0.1) is 13.8 Å². The molecule has 0 saturated carbocycles. The van der Waals surface area contributed by atoms with E-state index in [9.17, 15) is 26.3 Å². The molecule has 31 heavy (non-hydrogen) atoms. The van der Waals surface area contributed by atoms with Gasteiger partial charge in [0.2, 0.25) is 0 Å². The first kappa shape index (κ1) is 23.0. The van der Waals surface area contributed by atoms with Gasteiger partial charge in [-0.25, -0.2) is 9.97 Å². The van der Waals surface area contributed by atoms with Crippen molar-refractivity contribution in [3.8, 4) is 11.5 Å². The summed E-state index contributed by atoms with van der Waals surface area (Å²) in [5, 5.41) is 3.81. The normalized spacial score (nSPS) is 13.5. The molecule has 0 spiro atoms. The summed E-state index contributed by atoms with van der Waals surface area (Å²) in [6.45, 7) is 5.43. The fourth-order valence-electron chi connectivity index (χ4n) is 2.75. The lowest BCUT2D eigenvalue weighted by Crippen LogP contribution is -2.11. The first-order valence-corrected chi connectivity index (χ1v) is 9.87. The Balaban J connectivity index is 1.96. The van der Waals surface area contributed by atoms with Gasteiger partial charge >= 0.3 is 12.4 Å². The molecule has 0 aliphatic rings. The van der Waals surface area contributed by atoms with E-state index in [1.807, 2.05) is 6.92 Å². The maximum absolute atomic E-state index is 13.1. The minimum atomic E-state index is -4.97. The third-order valence-electron chi connectivity index (χ3n) is 4.14. The minimum Gasteiger partial charge on any atom is -0.334 e. The molecule has 12 heteroatoms. The van der Waals surface area contributed by atoms with E-state index >= 15 is 0 Å². The van der Waals surface area contributed by atoms with E-state index in [1.54, 1.807) is 19.9 Å². The average molecular weight is 462 g/mol. The summed E-state index contributed by atoms with van der Waals surface area (Å²) in [6, 6.07) is 2.94. The number of aromatic nitrogens is 4. The summed E-state index contributed by atoms with van der Waals surface area (Å²) in [5.41, 5.74) is -1.88. The van der Waals surface area contributed by atoms with Crippen molar-refractivity contribution in [2.24, 2.45) is 0 Å². The standard InChI is InChI=1S/C19H16F6N4OS/c1-4-14(31-17-26-9(2)5-10(3)27-17)15-28-16(30-29-15)11-6-12(18(20,21)22)8-13(7-11)19(23,24)25/h5-8,14H,4H2,1-3H3. The summed E-state index contributed by atoms with van der Waals surface area (Å²) >= 11 is 1.23. The van der Waals surface area contributed by atoms with Crippen LogP contribution in [0.4, 0.5) is 26.3 Å². The highest BCUT2D eigenvalue weighted by Gasteiger charge is 2.37. The second-order valence-corrected chi connectivity index (χ2v) is 7.87. The molecule has 0 N–H and O–H groups in total. The Kier molecular flexibility index (Phi) is 6.30. The number of benzene rings is 1. The maximum atomic E-state index is 13.1. The molecule has 3 aromatic rings. The van der Waals surface area contributed by atoms with Crippen LogP contribution in [0.1, 0.15) is 46.9 Å². The second kappa shape index (κ2) is 8.48. The molecule has 0 aliphatic heterocycles. The van der Waals surface area contributed by atoms with Gasteiger partial charge in [0.05, 0.1) is 16.4 Å². The summed E-state index contributed by atoms with van der Waals surface area (Å²) in [6.07, 6.45) is -9.45. The van der Waals surface area contributed by atoms with Gasteiger partial charge in [0.25, 0.3) is 5.89 Å². The number of hydrogen-bond acceptors (Lipinski definition) is 6. The van der Waals surface area contributed by atoms with E-state index in [1.165, 1.54) is 11.8 Å². The molecule has 0 radical (unpaired) electrons. The van der Waals surface area contributed by atoms with Crippen LogP contribution in [0.5, 0.6) is 0 Å². The van der Waals surface area contributed by atoms with Crippen molar-refractivity contribution >= 4 is 11.8 Å². The topological polar surface area (TPSA) is 64.7 Å². The van der Waals surface area contributed by atoms with Crippen molar-refractivity contribution in [3.63, 3.8) is 0 Å². The van der Waals surface area contributed by atoms with Crippen molar-refractivity contribution in [2.75, 3.05) is 0 Å². The molecule has 0 saturated heterocycles. The van der Waals surface area contributed by atoms with Gasteiger partial charge in [0, 0.05) is 17.0 Å². The zero-order valence-electron chi connectivity index (χ0n) is 16.5. The Bertz CT molecular complexity index is 1030. The van der Waals surface area contributed by atoms with Crippen molar-refractivity contribution in [3.05, 3.63) is 52.6 Å². The molecule has 1 atom stereocenters. The molecule has 0 amide bonds. The monoisotopic (exact) mass is 462 g/mol. The molecule has 1 unspecified atom stereocenters. The molecular weight excluding hydrogens is 446 g/mol. The minimum absolute atomic E-state index is 0.0445. The van der Waals surface area contributed by atoms with Crippen LogP contribution < -0.4 is 0 Å². The van der Waals surface area contributed by atoms with Crippen molar-refractivity contribution < 1.29 is 30.9 Å². The van der Waals surface area contributed by atoms with Gasteiger partial charge in [-0.2, -0.15) is 31.3 Å². The third kappa shape index (κ3) is 5.54. The average Bonchev–Trinajstić information content (AvgIpc) is 3.13. The lowest BCUT2D eigenvalue weighted by atomic mass is 10.0. The summed E-state index contributed by atoms with van der Waals surface area (Å²) in [5.74, 6) is -0.316. The second-order valence-electron chi connectivity index (χ2n) is 6.70. The zero-order chi connectivity index (χ0) is 23.0. The van der Waals surface area contributed by atoms with Gasteiger partial charge in [0.1, 0.15) is 0 Å². The molecule has 0 bridgehead atoms. The van der Waals surface area contributed by atoms with Gasteiger partial charge < -0.3 is 4.52 Å². The van der Waals surface area contributed by atoms with Crippen molar-refractivity contribution in [1.29, 1.82) is 0 Å². The molecule has 0 fully saturated rings. The van der Waals surface area contributed by atoms with Crippen LogP contribution in [0.25, 0.3) is 11.5 Å². The van der Waals surface area contributed by atoms with Crippen LogP contribution in [0.15, 0.2) is 33.9 Å². The van der Waals surface area contributed by atoms with Gasteiger partial charge in [0.15, 0.2) is 11.0 Å². The number of rotatable bonds is 5. The maximum Gasteiger partial charge on any atom is 0.416 e. The number of halogens is 6. The van der Waals surface area contributed by atoms with E-state index in [-0.39, 0.29) is 11.9 Å². The fraction of sp³-hybridized carbons (Fsp3) is 0.368.